The van der Waals surface area contributed by atoms with Crippen LogP contribution in [0.2, 0.25) is 0 Å². The lowest BCUT2D eigenvalue weighted by Gasteiger charge is -2.11. The van der Waals surface area contributed by atoms with Crippen LogP contribution in [-0.4, -0.2) is 38.6 Å². The maximum atomic E-state index is 13.6. The normalized spacial score (nSPS) is 16.2. The van der Waals surface area contributed by atoms with Gasteiger partial charge >= 0.3 is 0 Å². The topological polar surface area (TPSA) is 97.4 Å². The van der Waals surface area contributed by atoms with E-state index in [0.29, 0.717) is 17.9 Å². The van der Waals surface area contributed by atoms with Gasteiger partial charge in [-0.2, -0.15) is 0 Å². The van der Waals surface area contributed by atoms with Crippen LogP contribution in [-0.2, 0) is 14.8 Å². The second kappa shape index (κ2) is 9.64. The number of rotatable bonds is 7. The number of amides is 1. The molecule has 0 saturated carbocycles. The van der Waals surface area contributed by atoms with E-state index < -0.39 is 27.6 Å². The molecule has 1 atom stereocenters. The Kier molecular flexibility index (Phi) is 6.84. The largest absolute Gasteiger partial charge is 0.377 e. The fourth-order valence-corrected chi connectivity index (χ4v) is 5.30. The summed E-state index contributed by atoms with van der Waals surface area (Å²) in [4.78, 5) is 17.7. The number of nitrogens with one attached hydrogen (secondary N) is 2. The van der Waals surface area contributed by atoms with Crippen LogP contribution in [0.5, 0.6) is 0 Å². The van der Waals surface area contributed by atoms with Crippen LogP contribution >= 0.6 is 11.3 Å². The van der Waals surface area contributed by atoms with Crippen molar-refractivity contribution >= 4 is 32.4 Å². The molecule has 2 aromatic carbocycles. The van der Waals surface area contributed by atoms with Crippen LogP contribution in [0.15, 0.2) is 47.4 Å². The predicted molar refractivity (Wildman–Crippen MR) is 121 cm³/mol. The Balaban J connectivity index is 1.43. The zero-order valence-corrected chi connectivity index (χ0v) is 19.2. The first kappa shape index (κ1) is 23.4. The van der Waals surface area contributed by atoms with E-state index in [1.165, 1.54) is 41.7 Å². The van der Waals surface area contributed by atoms with Crippen molar-refractivity contribution in [1.82, 2.24) is 9.71 Å². The highest BCUT2D eigenvalue weighted by Crippen LogP contribution is 2.31. The minimum absolute atomic E-state index is 0.0442. The van der Waals surface area contributed by atoms with Gasteiger partial charge in [0.25, 0.3) is 5.91 Å². The van der Waals surface area contributed by atoms with E-state index in [-0.39, 0.29) is 28.2 Å². The Morgan fingerprint density at radius 1 is 1.18 bits per heavy atom. The van der Waals surface area contributed by atoms with E-state index in [0.717, 1.165) is 29.9 Å². The Bertz CT molecular complexity index is 1270. The fourth-order valence-electron chi connectivity index (χ4n) is 3.41. The second-order valence-electron chi connectivity index (χ2n) is 7.52. The summed E-state index contributed by atoms with van der Waals surface area (Å²) in [6.45, 7) is 2.60. The first-order valence-electron chi connectivity index (χ1n) is 10.2. The Labute approximate surface area is 193 Å². The van der Waals surface area contributed by atoms with Crippen molar-refractivity contribution < 1.29 is 26.7 Å². The fraction of sp³-hybridized carbons (Fsp3) is 0.273. The number of halogens is 2. The highest BCUT2D eigenvalue weighted by Gasteiger charge is 2.21. The van der Waals surface area contributed by atoms with E-state index in [2.05, 4.69) is 15.0 Å². The van der Waals surface area contributed by atoms with Gasteiger partial charge in [-0.1, -0.05) is 0 Å². The van der Waals surface area contributed by atoms with Gasteiger partial charge in [-0.15, -0.1) is 11.3 Å². The number of nitrogens with zero attached hydrogens (tertiary/aromatic N) is 1. The number of hydrogen-bond acceptors (Lipinski definition) is 6. The third kappa shape index (κ3) is 5.44. The van der Waals surface area contributed by atoms with Gasteiger partial charge in [0.15, 0.2) is 16.8 Å². The first-order valence-corrected chi connectivity index (χ1v) is 12.5. The van der Waals surface area contributed by atoms with Gasteiger partial charge in [0.1, 0.15) is 0 Å². The molecule has 33 heavy (non-hydrogen) atoms. The van der Waals surface area contributed by atoms with Crippen molar-refractivity contribution in [2.75, 3.05) is 18.5 Å². The van der Waals surface area contributed by atoms with Crippen LogP contribution < -0.4 is 10.0 Å². The second-order valence-corrected chi connectivity index (χ2v) is 10.5. The molecule has 174 valence electrons. The average Bonchev–Trinajstić information content (AvgIpc) is 3.44. The van der Waals surface area contributed by atoms with Crippen LogP contribution in [0, 0.1) is 18.6 Å². The number of benzene rings is 2. The van der Waals surface area contributed by atoms with Gasteiger partial charge in [-0.3, -0.25) is 10.1 Å². The highest BCUT2D eigenvalue weighted by molar-refractivity contribution is 7.89. The summed E-state index contributed by atoms with van der Waals surface area (Å²) >= 11 is 1.19. The van der Waals surface area contributed by atoms with Crippen molar-refractivity contribution in [1.29, 1.82) is 0 Å². The molecular formula is C22H21F2N3O4S2. The zero-order chi connectivity index (χ0) is 23.6. The smallest absolute Gasteiger partial charge is 0.257 e. The molecular weight excluding hydrogens is 472 g/mol. The van der Waals surface area contributed by atoms with Gasteiger partial charge in [0.05, 0.1) is 16.7 Å². The minimum Gasteiger partial charge on any atom is -0.377 e. The van der Waals surface area contributed by atoms with Crippen molar-refractivity contribution in [3.05, 3.63) is 64.5 Å². The van der Waals surface area contributed by atoms with E-state index in [1.807, 2.05) is 0 Å². The maximum absolute atomic E-state index is 13.6. The lowest BCUT2D eigenvalue weighted by atomic mass is 10.1. The molecule has 1 aliphatic rings. The van der Waals surface area contributed by atoms with Crippen LogP contribution in [0.1, 0.15) is 28.1 Å². The third-order valence-corrected chi connectivity index (χ3v) is 7.49. The molecule has 2 heterocycles. The summed E-state index contributed by atoms with van der Waals surface area (Å²) in [6, 6.07) is 9.01. The molecule has 11 heteroatoms. The van der Waals surface area contributed by atoms with Gasteiger partial charge in [-0.05, 0) is 62.2 Å². The van der Waals surface area contributed by atoms with E-state index in [4.69, 9.17) is 4.74 Å². The number of hydrogen-bond donors (Lipinski definition) is 2. The third-order valence-electron chi connectivity index (χ3n) is 5.16. The minimum atomic E-state index is -3.72. The van der Waals surface area contributed by atoms with E-state index in [9.17, 15) is 22.0 Å². The average molecular weight is 494 g/mol. The molecule has 1 aliphatic heterocycles. The molecule has 1 unspecified atom stereocenters. The van der Waals surface area contributed by atoms with Crippen LogP contribution in [0.3, 0.4) is 0 Å². The predicted octanol–water partition coefficient (Wildman–Crippen LogP) is 4.11. The van der Waals surface area contributed by atoms with Gasteiger partial charge < -0.3 is 4.74 Å². The number of carbonyl (C=O) groups excluding carboxylic acids is 1. The monoisotopic (exact) mass is 493 g/mol. The number of aromatic nitrogens is 1. The summed E-state index contributed by atoms with van der Waals surface area (Å²) in [5.74, 6) is -2.41. The number of anilines is 1. The summed E-state index contributed by atoms with van der Waals surface area (Å²) in [5, 5.41) is 2.94. The Morgan fingerprint density at radius 3 is 2.61 bits per heavy atom. The number of sulfonamides is 1. The molecule has 0 aliphatic carbocycles. The molecule has 4 rings (SSSR count). The molecule has 1 saturated heterocycles. The quantitative estimate of drug-likeness (QED) is 0.516. The summed E-state index contributed by atoms with van der Waals surface area (Å²) < 4.78 is 59.6. The van der Waals surface area contributed by atoms with Gasteiger partial charge in [0.2, 0.25) is 10.0 Å². The molecule has 0 bridgehead atoms. The van der Waals surface area contributed by atoms with Crippen LogP contribution in [0.4, 0.5) is 13.9 Å². The SMILES string of the molecule is Cc1sc(NC(=O)c2ccc(S(=O)(=O)NCC3CCCO3)cc2)nc1-c1ccc(F)c(F)c1. The number of ether oxygens (including phenoxy) is 1. The molecule has 7 nitrogen and oxygen atoms in total. The van der Waals surface area contributed by atoms with Crippen molar-refractivity contribution in [2.45, 2.75) is 30.8 Å². The Morgan fingerprint density at radius 2 is 1.94 bits per heavy atom. The molecule has 0 radical (unpaired) electrons. The molecule has 3 aromatic rings. The van der Waals surface area contributed by atoms with Gasteiger partial charge in [-0.25, -0.2) is 26.9 Å². The first-order chi connectivity index (χ1) is 15.7. The summed E-state index contributed by atoms with van der Waals surface area (Å²) in [5.41, 5.74) is 1.08. The standard InChI is InChI=1S/C22H21F2N3O4S2/c1-13-20(15-6-9-18(23)19(24)11-15)26-22(32-13)27-21(28)14-4-7-17(8-5-14)33(29,30)25-12-16-3-2-10-31-16/h4-9,11,16,25H,2-3,10,12H2,1H3,(H,26,27,28). The summed E-state index contributed by atoms with van der Waals surface area (Å²) in [7, 11) is -3.72. The van der Waals surface area contributed by atoms with Crippen LogP contribution in [0.25, 0.3) is 11.3 Å². The number of thiazole rings is 1. The molecule has 0 spiro atoms. The molecule has 1 aromatic heterocycles. The lowest BCUT2D eigenvalue weighted by Crippen LogP contribution is -2.31. The lowest BCUT2D eigenvalue weighted by molar-refractivity contribution is 0.102. The highest BCUT2D eigenvalue weighted by atomic mass is 32.2. The number of aryl methyl sites for hydroxylation is 1. The van der Waals surface area contributed by atoms with E-state index in [1.54, 1.807) is 6.92 Å². The number of carbonyl (C=O) groups is 1. The maximum Gasteiger partial charge on any atom is 0.257 e. The Hall–Kier alpha value is -2.73. The van der Waals surface area contributed by atoms with Gasteiger partial charge in [0, 0.05) is 29.2 Å². The molecule has 1 fully saturated rings. The van der Waals surface area contributed by atoms with Crippen molar-refractivity contribution in [3.63, 3.8) is 0 Å². The molecule has 2 N–H and O–H groups in total. The zero-order valence-electron chi connectivity index (χ0n) is 17.6. The van der Waals surface area contributed by atoms with Crippen molar-refractivity contribution in [3.8, 4) is 11.3 Å². The summed E-state index contributed by atoms with van der Waals surface area (Å²) in [6.07, 6.45) is 1.61. The molecule has 1 amide bonds. The van der Waals surface area contributed by atoms with E-state index >= 15 is 0 Å². The van der Waals surface area contributed by atoms with Crippen molar-refractivity contribution in [2.24, 2.45) is 0 Å².